The summed E-state index contributed by atoms with van der Waals surface area (Å²) in [7, 11) is -4.07. The first-order chi connectivity index (χ1) is 9.81. The molecule has 21 heavy (non-hydrogen) atoms. The molecule has 0 spiro atoms. The van der Waals surface area contributed by atoms with E-state index in [9.17, 15) is 23.6 Å². The molecule has 1 saturated carbocycles. The second-order valence-electron chi connectivity index (χ2n) is 4.95. The van der Waals surface area contributed by atoms with Gasteiger partial charge in [-0.2, -0.15) is 0 Å². The van der Waals surface area contributed by atoms with Crippen molar-refractivity contribution in [3.63, 3.8) is 0 Å². The third-order valence-corrected chi connectivity index (χ3v) is 5.46. The summed E-state index contributed by atoms with van der Waals surface area (Å²) in [6.45, 7) is 0. The zero-order valence-electron chi connectivity index (χ0n) is 11.0. The highest BCUT2D eigenvalue weighted by Crippen LogP contribution is 2.28. The standard InChI is InChI=1S/C12H15BrN2O5S/c13-8-5-6-10(15(17)18)12(7-8)21(19,20)14-9-3-1-2-4-11(9)16/h5-7,9,11,14,16H,1-4H2. The average Bonchev–Trinajstić information content (AvgIpc) is 2.41. The number of rotatable bonds is 4. The molecule has 0 amide bonds. The zero-order chi connectivity index (χ0) is 15.6. The van der Waals surface area contributed by atoms with E-state index in [1.807, 2.05) is 0 Å². The van der Waals surface area contributed by atoms with E-state index in [-0.39, 0.29) is 0 Å². The van der Waals surface area contributed by atoms with Crippen LogP contribution in [0, 0.1) is 10.1 Å². The molecule has 1 aliphatic rings. The predicted molar refractivity (Wildman–Crippen MR) is 79.4 cm³/mol. The molecular formula is C12H15BrN2O5S. The number of sulfonamides is 1. The highest BCUT2D eigenvalue weighted by atomic mass is 79.9. The lowest BCUT2D eigenvalue weighted by Gasteiger charge is -2.28. The van der Waals surface area contributed by atoms with Crippen molar-refractivity contribution in [1.82, 2.24) is 4.72 Å². The summed E-state index contributed by atoms with van der Waals surface area (Å²) < 4.78 is 27.6. The Balaban J connectivity index is 2.35. The average molecular weight is 379 g/mol. The Hall–Kier alpha value is -1.03. The third kappa shape index (κ3) is 3.79. The second-order valence-corrected chi connectivity index (χ2v) is 7.55. The highest BCUT2D eigenvalue weighted by Gasteiger charge is 2.32. The Bertz CT molecular complexity index is 649. The first-order valence-corrected chi connectivity index (χ1v) is 8.73. The fourth-order valence-corrected chi connectivity index (χ4v) is 4.38. The van der Waals surface area contributed by atoms with Gasteiger partial charge in [0.25, 0.3) is 5.69 Å². The van der Waals surface area contributed by atoms with Gasteiger partial charge in [0.15, 0.2) is 4.90 Å². The number of nitro benzene ring substituents is 1. The van der Waals surface area contributed by atoms with Crippen LogP contribution in [0.1, 0.15) is 25.7 Å². The van der Waals surface area contributed by atoms with Crippen LogP contribution in [-0.2, 0) is 10.0 Å². The van der Waals surface area contributed by atoms with Crippen LogP contribution in [0.5, 0.6) is 0 Å². The molecule has 116 valence electrons. The lowest BCUT2D eigenvalue weighted by Crippen LogP contribution is -2.45. The topological polar surface area (TPSA) is 110 Å². The molecule has 2 atom stereocenters. The minimum absolute atomic E-state index is 0.403. The van der Waals surface area contributed by atoms with E-state index >= 15 is 0 Å². The summed E-state index contributed by atoms with van der Waals surface area (Å²) in [4.78, 5) is 9.84. The van der Waals surface area contributed by atoms with Gasteiger partial charge < -0.3 is 5.11 Å². The number of halogens is 1. The van der Waals surface area contributed by atoms with Crippen LogP contribution in [0.2, 0.25) is 0 Å². The van der Waals surface area contributed by atoms with Crippen molar-refractivity contribution in [2.75, 3.05) is 0 Å². The Morgan fingerprint density at radius 2 is 2.00 bits per heavy atom. The molecule has 1 aliphatic carbocycles. The Kier molecular flexibility index (Phi) is 4.97. The van der Waals surface area contributed by atoms with Crippen LogP contribution >= 0.6 is 15.9 Å². The lowest BCUT2D eigenvalue weighted by atomic mass is 9.93. The molecule has 1 fully saturated rings. The molecule has 9 heteroatoms. The summed E-state index contributed by atoms with van der Waals surface area (Å²) >= 11 is 3.11. The smallest absolute Gasteiger partial charge is 0.289 e. The summed E-state index contributed by atoms with van der Waals surface area (Å²) in [5.74, 6) is 0. The summed E-state index contributed by atoms with van der Waals surface area (Å²) in [6, 6.07) is 3.13. The lowest BCUT2D eigenvalue weighted by molar-refractivity contribution is -0.387. The number of hydrogen-bond acceptors (Lipinski definition) is 5. The molecule has 0 heterocycles. The van der Waals surface area contributed by atoms with Gasteiger partial charge in [0.2, 0.25) is 10.0 Å². The fourth-order valence-electron chi connectivity index (χ4n) is 2.37. The Morgan fingerprint density at radius 3 is 2.62 bits per heavy atom. The van der Waals surface area contributed by atoms with E-state index in [2.05, 4.69) is 20.7 Å². The maximum atomic E-state index is 12.4. The Labute approximate surface area is 130 Å². The van der Waals surface area contributed by atoms with E-state index in [4.69, 9.17) is 0 Å². The molecule has 1 aromatic rings. The predicted octanol–water partition coefficient (Wildman–Crippen LogP) is 1.94. The largest absolute Gasteiger partial charge is 0.391 e. The molecule has 0 radical (unpaired) electrons. The molecule has 0 aromatic heterocycles. The number of nitrogens with one attached hydrogen (secondary N) is 1. The molecule has 0 bridgehead atoms. The molecule has 0 aliphatic heterocycles. The van der Waals surface area contributed by atoms with Gasteiger partial charge in [-0.1, -0.05) is 28.8 Å². The van der Waals surface area contributed by atoms with Crippen molar-refractivity contribution in [2.24, 2.45) is 0 Å². The number of nitrogens with zero attached hydrogens (tertiary/aromatic N) is 1. The van der Waals surface area contributed by atoms with Crippen molar-refractivity contribution < 1.29 is 18.4 Å². The van der Waals surface area contributed by atoms with Crippen molar-refractivity contribution in [3.8, 4) is 0 Å². The van der Waals surface area contributed by atoms with Gasteiger partial charge >= 0.3 is 0 Å². The van der Waals surface area contributed by atoms with E-state index in [1.165, 1.54) is 12.1 Å². The maximum absolute atomic E-state index is 12.4. The van der Waals surface area contributed by atoms with Gasteiger partial charge in [-0.25, -0.2) is 13.1 Å². The van der Waals surface area contributed by atoms with Crippen molar-refractivity contribution >= 4 is 31.6 Å². The molecule has 0 saturated heterocycles. The van der Waals surface area contributed by atoms with Crippen LogP contribution < -0.4 is 4.72 Å². The zero-order valence-corrected chi connectivity index (χ0v) is 13.4. The van der Waals surface area contributed by atoms with E-state index < -0.39 is 37.7 Å². The minimum atomic E-state index is -4.07. The van der Waals surface area contributed by atoms with Crippen molar-refractivity contribution in [3.05, 3.63) is 32.8 Å². The van der Waals surface area contributed by atoms with Crippen LogP contribution in [0.4, 0.5) is 5.69 Å². The van der Waals surface area contributed by atoms with Crippen LogP contribution in [0.3, 0.4) is 0 Å². The molecule has 1 aromatic carbocycles. The van der Waals surface area contributed by atoms with E-state index in [0.29, 0.717) is 17.3 Å². The van der Waals surface area contributed by atoms with Gasteiger partial charge in [0.05, 0.1) is 11.0 Å². The first kappa shape index (κ1) is 16.3. The maximum Gasteiger partial charge on any atom is 0.289 e. The monoisotopic (exact) mass is 378 g/mol. The molecule has 2 rings (SSSR count). The quantitative estimate of drug-likeness (QED) is 0.614. The van der Waals surface area contributed by atoms with Gasteiger partial charge in [0.1, 0.15) is 0 Å². The second kappa shape index (κ2) is 6.39. The van der Waals surface area contributed by atoms with Gasteiger partial charge in [-0.3, -0.25) is 10.1 Å². The highest BCUT2D eigenvalue weighted by molar-refractivity contribution is 9.10. The molecule has 7 nitrogen and oxygen atoms in total. The SMILES string of the molecule is O=[N+]([O-])c1ccc(Br)cc1S(=O)(=O)NC1CCCCC1O. The van der Waals surface area contributed by atoms with Crippen LogP contribution in [0.25, 0.3) is 0 Å². The summed E-state index contributed by atoms with van der Waals surface area (Å²) in [5, 5.41) is 20.8. The van der Waals surface area contributed by atoms with Crippen LogP contribution in [-0.4, -0.2) is 30.6 Å². The summed E-state index contributed by atoms with van der Waals surface area (Å²) in [6.07, 6.45) is 1.93. The van der Waals surface area contributed by atoms with Crippen molar-refractivity contribution in [1.29, 1.82) is 0 Å². The fraction of sp³-hybridized carbons (Fsp3) is 0.500. The van der Waals surface area contributed by atoms with Crippen LogP contribution in [0.15, 0.2) is 27.6 Å². The van der Waals surface area contributed by atoms with Gasteiger partial charge in [0, 0.05) is 16.6 Å². The number of benzene rings is 1. The van der Waals surface area contributed by atoms with Gasteiger partial charge in [-0.05, 0) is 25.0 Å². The van der Waals surface area contributed by atoms with Gasteiger partial charge in [-0.15, -0.1) is 0 Å². The third-order valence-electron chi connectivity index (χ3n) is 3.44. The number of aliphatic hydroxyl groups is 1. The number of hydrogen-bond donors (Lipinski definition) is 2. The molecular weight excluding hydrogens is 364 g/mol. The summed E-state index contributed by atoms with van der Waals surface area (Å²) in [5.41, 5.74) is -0.490. The first-order valence-electron chi connectivity index (χ1n) is 6.45. The normalized spacial score (nSPS) is 23.0. The molecule has 2 unspecified atom stereocenters. The van der Waals surface area contributed by atoms with E-state index in [0.717, 1.165) is 18.9 Å². The minimum Gasteiger partial charge on any atom is -0.391 e. The number of nitro groups is 1. The molecule has 2 N–H and O–H groups in total. The van der Waals surface area contributed by atoms with E-state index in [1.54, 1.807) is 0 Å². The number of aliphatic hydroxyl groups excluding tert-OH is 1. The van der Waals surface area contributed by atoms with Crippen molar-refractivity contribution in [2.45, 2.75) is 42.7 Å². The Morgan fingerprint density at radius 1 is 1.33 bits per heavy atom.